The number of nitrogens with one attached hydrogen (secondary N) is 10. The molecule has 1 saturated heterocycles. The van der Waals surface area contributed by atoms with Crippen LogP contribution in [0.15, 0.2) is 0 Å². The second kappa shape index (κ2) is 32.5. The number of hydrogen-bond donors (Lipinski definition) is 12. The first kappa shape index (κ1) is 53.7. The molecular weight excluding hydrogens is 855 g/mol. The molecule has 1 fully saturated rings. The van der Waals surface area contributed by atoms with E-state index in [1.807, 2.05) is 0 Å². The average molecular weight is 910 g/mol. The minimum Gasteiger partial charge on any atom is -0.377 e. The van der Waals surface area contributed by atoms with E-state index in [0.29, 0.717) is 0 Å². The minimum atomic E-state index is -1.20. The predicted octanol–water partition coefficient (Wildman–Crippen LogP) is -8.50. The average Bonchev–Trinajstić information content (AvgIpc) is 3.22. The number of nitrogens with two attached hydrogens (primary N) is 1. The number of carbonyl (C=O) groups excluding carboxylic acids is 11. The Morgan fingerprint density at radius 2 is 1.11 bits per heavy atom. The second-order valence-electron chi connectivity index (χ2n) is 12.4. The lowest BCUT2D eigenvalue weighted by Gasteiger charge is -2.19. The first-order chi connectivity index (χ1) is 29.1. The third kappa shape index (κ3) is 28.0. The van der Waals surface area contributed by atoms with Crippen molar-refractivity contribution < 1.29 is 71.7 Å². The topological polar surface area (TPSA) is 371 Å². The molecule has 0 aliphatic carbocycles. The second-order valence-corrected chi connectivity index (χ2v) is 13.8. The normalized spacial score (nSPS) is 19.9. The van der Waals surface area contributed by atoms with Crippen LogP contribution in [0.4, 0.5) is 0 Å². The van der Waals surface area contributed by atoms with Crippen LogP contribution >= 0.6 is 24.4 Å². The van der Waals surface area contributed by atoms with Gasteiger partial charge in [-0.2, -0.15) is 12.6 Å². The molecule has 0 aromatic rings. The number of thiol groups is 1. The first-order valence-electron chi connectivity index (χ1n) is 18.7. The van der Waals surface area contributed by atoms with Crippen molar-refractivity contribution in [1.29, 1.82) is 0 Å². The van der Waals surface area contributed by atoms with Crippen LogP contribution in [-0.2, 0) is 71.7 Å². The molecule has 0 aromatic carbocycles. The van der Waals surface area contributed by atoms with E-state index in [1.54, 1.807) is 0 Å². The van der Waals surface area contributed by atoms with Gasteiger partial charge in [0.2, 0.25) is 65.0 Å². The largest absolute Gasteiger partial charge is 0.377 e. The summed E-state index contributed by atoms with van der Waals surface area (Å²) in [5, 5.41) is 23.8. The quantitative estimate of drug-likeness (QED) is 0.0449. The Labute approximate surface area is 360 Å². The maximum absolute atomic E-state index is 13.1. The fourth-order valence-corrected chi connectivity index (χ4v) is 5.42. The zero-order valence-electron chi connectivity index (χ0n) is 33.5. The van der Waals surface area contributed by atoms with Gasteiger partial charge in [-0.05, 0) is 6.92 Å². The zero-order chi connectivity index (χ0) is 45.4. The molecule has 344 valence electrons. The Hall–Kier alpha value is -5.29. The van der Waals surface area contributed by atoms with Crippen LogP contribution in [0, 0.1) is 0 Å². The van der Waals surface area contributed by atoms with Crippen molar-refractivity contribution in [1.82, 2.24) is 53.2 Å². The highest BCUT2D eigenvalue weighted by Crippen LogP contribution is 2.04. The van der Waals surface area contributed by atoms with E-state index in [1.165, 1.54) is 6.92 Å². The molecule has 3 atom stereocenters. The summed E-state index contributed by atoms with van der Waals surface area (Å²) >= 11 is 4.98. The van der Waals surface area contributed by atoms with E-state index in [4.69, 9.17) is 24.7 Å². The Morgan fingerprint density at radius 1 is 0.623 bits per heavy atom. The summed E-state index contributed by atoms with van der Waals surface area (Å²) in [5.41, 5.74) is 4.91. The third-order valence-corrected chi connectivity index (χ3v) is 8.70. The Bertz CT molecular complexity index is 1510. The lowest BCUT2D eigenvalue weighted by atomic mass is 10.3. The number of amides is 11. The Balaban J connectivity index is 2.65. The van der Waals surface area contributed by atoms with Crippen molar-refractivity contribution >= 4 is 89.4 Å². The van der Waals surface area contributed by atoms with Gasteiger partial charge >= 0.3 is 0 Å². The van der Waals surface area contributed by atoms with Crippen LogP contribution in [0.5, 0.6) is 0 Å². The lowest BCUT2D eigenvalue weighted by molar-refractivity contribution is -0.131. The van der Waals surface area contributed by atoms with Gasteiger partial charge in [-0.1, -0.05) is 0 Å². The van der Waals surface area contributed by atoms with Crippen LogP contribution in [-0.4, -0.2) is 199 Å². The monoisotopic (exact) mass is 909 g/mol. The van der Waals surface area contributed by atoms with Gasteiger partial charge in [0.05, 0.1) is 78.1 Å². The molecule has 0 unspecified atom stereocenters. The summed E-state index contributed by atoms with van der Waals surface area (Å²) in [6, 6.07) is -3.52. The summed E-state index contributed by atoms with van der Waals surface area (Å²) in [4.78, 5) is 134. The van der Waals surface area contributed by atoms with Crippen molar-refractivity contribution in [3.63, 3.8) is 0 Å². The molecule has 11 amide bonds. The number of rotatable bonds is 18. The zero-order valence-corrected chi connectivity index (χ0v) is 35.2. The van der Waals surface area contributed by atoms with Crippen molar-refractivity contribution in [3.05, 3.63) is 0 Å². The molecule has 0 spiro atoms. The lowest BCUT2D eigenvalue weighted by Crippen LogP contribution is -2.53. The highest BCUT2D eigenvalue weighted by Gasteiger charge is 2.24. The van der Waals surface area contributed by atoms with E-state index in [0.717, 1.165) is 11.8 Å². The molecule has 0 bridgehead atoms. The molecular formula is C33H55N11O15S2. The molecule has 26 nitrogen and oxygen atoms in total. The number of primary amides is 1. The number of ether oxygens (including phenoxy) is 4. The molecule has 1 aliphatic heterocycles. The summed E-state index contributed by atoms with van der Waals surface area (Å²) in [5.74, 6) is -8.24. The van der Waals surface area contributed by atoms with Gasteiger partial charge in [0.15, 0.2) is 0 Å². The fourth-order valence-electron chi connectivity index (χ4n) is 4.29. The van der Waals surface area contributed by atoms with E-state index in [-0.39, 0.29) is 83.2 Å². The third-order valence-electron chi connectivity index (χ3n) is 7.29. The molecule has 0 saturated carbocycles. The van der Waals surface area contributed by atoms with Crippen molar-refractivity contribution in [2.45, 2.75) is 25.0 Å². The number of carbonyl (C=O) groups is 11. The van der Waals surface area contributed by atoms with Crippen molar-refractivity contribution in [3.8, 4) is 0 Å². The standard InChI is InChI=1S/C33H55N11O15S2/c1-20-31(53)40-14-28(50)44-22(33(55)36-3-5-57-7-9-58-8-6-56-4-2-35-29(51)16-59-15-23(34)45)18-61-19-30(52)39-13-27(49)43-21(17-60)32(54)41-11-25(47)37-10-24(46)38-12-26(48)42-20/h20-22,60H,2-19H2,1H3,(H2,34,45)(H,35,51)(H,36,55)(H,37,47)(H,38,46)(H,39,52)(H,40,53)(H,41,54)(H,42,48)(H,43,49)(H,44,50)/t20-,21-,22-/m0/s1. The molecule has 12 N–H and O–H groups in total. The molecule has 1 rings (SSSR count). The van der Waals surface area contributed by atoms with Crippen LogP contribution in [0.2, 0.25) is 0 Å². The maximum atomic E-state index is 13.1. The highest BCUT2D eigenvalue weighted by atomic mass is 32.2. The van der Waals surface area contributed by atoms with Gasteiger partial charge < -0.3 is 77.8 Å². The minimum absolute atomic E-state index is 0.0282. The van der Waals surface area contributed by atoms with Crippen molar-refractivity contribution in [2.75, 3.05) is 116 Å². The van der Waals surface area contributed by atoms with Crippen LogP contribution in [0.3, 0.4) is 0 Å². The molecule has 0 radical (unpaired) electrons. The molecule has 61 heavy (non-hydrogen) atoms. The van der Waals surface area contributed by atoms with E-state index in [2.05, 4.69) is 65.8 Å². The van der Waals surface area contributed by atoms with Crippen LogP contribution in [0.1, 0.15) is 6.92 Å². The smallest absolute Gasteiger partial charge is 0.246 e. The number of thioether (sulfide) groups is 1. The summed E-state index contributed by atoms with van der Waals surface area (Å²) in [7, 11) is 0. The Morgan fingerprint density at radius 3 is 1.72 bits per heavy atom. The SMILES string of the molecule is C[C@@H]1NC(=O)CNC(=O)CNC(=O)CNC(=O)[C@H](CS)NC(=O)CNC(=O)CSC[C@@H](C(=O)NCCOCCOCCOCCNC(=O)COCC(N)=O)NC(=O)CNC1=O. The molecule has 28 heteroatoms. The summed E-state index contributed by atoms with van der Waals surface area (Å²) in [6.45, 7) is -0.716. The van der Waals surface area contributed by atoms with E-state index < -0.39 is 116 Å². The van der Waals surface area contributed by atoms with Gasteiger partial charge in [-0.3, -0.25) is 52.7 Å². The van der Waals surface area contributed by atoms with E-state index >= 15 is 0 Å². The van der Waals surface area contributed by atoms with Crippen LogP contribution < -0.4 is 58.9 Å². The first-order valence-corrected chi connectivity index (χ1v) is 20.5. The molecule has 1 heterocycles. The predicted molar refractivity (Wildman–Crippen MR) is 216 cm³/mol. The van der Waals surface area contributed by atoms with Crippen LogP contribution in [0.25, 0.3) is 0 Å². The number of hydrogen-bond acceptors (Lipinski definition) is 17. The molecule has 0 aromatic heterocycles. The highest BCUT2D eigenvalue weighted by molar-refractivity contribution is 8.00. The summed E-state index contributed by atoms with van der Waals surface area (Å²) in [6.07, 6.45) is 0. The van der Waals surface area contributed by atoms with E-state index in [9.17, 15) is 52.7 Å². The maximum Gasteiger partial charge on any atom is 0.246 e. The van der Waals surface area contributed by atoms with Gasteiger partial charge in [0.25, 0.3) is 0 Å². The summed E-state index contributed by atoms with van der Waals surface area (Å²) < 4.78 is 21.0. The van der Waals surface area contributed by atoms with Gasteiger partial charge in [0, 0.05) is 24.6 Å². The van der Waals surface area contributed by atoms with Gasteiger partial charge in [0.1, 0.15) is 31.3 Å². The van der Waals surface area contributed by atoms with Gasteiger partial charge in [-0.25, -0.2) is 0 Å². The van der Waals surface area contributed by atoms with Crippen molar-refractivity contribution in [2.24, 2.45) is 5.73 Å². The van der Waals surface area contributed by atoms with Gasteiger partial charge in [-0.15, -0.1) is 11.8 Å². The Kier molecular flexibility index (Phi) is 28.6. The molecule has 1 aliphatic rings. The fraction of sp³-hybridized carbons (Fsp3) is 0.667.